The first-order chi connectivity index (χ1) is 8.97. The monoisotopic (exact) mass is 312 g/mol. The fourth-order valence-electron chi connectivity index (χ4n) is 1.56. The highest BCUT2D eigenvalue weighted by molar-refractivity contribution is 7.99. The summed E-state index contributed by atoms with van der Waals surface area (Å²) in [6.07, 6.45) is 0. The molecule has 0 heterocycles. The normalized spacial score (nSPS) is 10.5. The summed E-state index contributed by atoms with van der Waals surface area (Å²) in [5.41, 5.74) is 1.20. The predicted molar refractivity (Wildman–Crippen MR) is 78.7 cm³/mol. The molecule has 0 aliphatic heterocycles. The van der Waals surface area contributed by atoms with Crippen LogP contribution >= 0.6 is 35.0 Å². The lowest BCUT2D eigenvalue weighted by Crippen LogP contribution is -1.96. The van der Waals surface area contributed by atoms with Crippen LogP contribution in [0.25, 0.3) is 0 Å². The van der Waals surface area contributed by atoms with Gasteiger partial charge in [0.05, 0.1) is 15.6 Å². The Kier molecular flexibility index (Phi) is 4.40. The lowest BCUT2D eigenvalue weighted by atomic mass is 10.1. The highest BCUT2D eigenvalue weighted by Gasteiger charge is 2.08. The van der Waals surface area contributed by atoms with Gasteiger partial charge in [-0.25, -0.2) is 4.79 Å². The molecule has 2 aromatic carbocycles. The fourth-order valence-corrected chi connectivity index (χ4v) is 2.85. The Morgan fingerprint density at radius 3 is 2.42 bits per heavy atom. The van der Waals surface area contributed by atoms with Crippen LogP contribution in [-0.4, -0.2) is 11.1 Å². The summed E-state index contributed by atoms with van der Waals surface area (Å²) in [7, 11) is 0. The summed E-state index contributed by atoms with van der Waals surface area (Å²) in [5.74, 6) is -0.922. The Labute approximate surface area is 125 Å². The van der Waals surface area contributed by atoms with E-state index in [0.29, 0.717) is 10.0 Å². The molecule has 98 valence electrons. The van der Waals surface area contributed by atoms with E-state index in [0.717, 1.165) is 15.4 Å². The van der Waals surface area contributed by atoms with Gasteiger partial charge in [0.1, 0.15) is 0 Å². The molecular weight excluding hydrogens is 303 g/mol. The maximum atomic E-state index is 10.9. The molecule has 0 aliphatic carbocycles. The molecule has 0 radical (unpaired) electrons. The number of hydrogen-bond acceptors (Lipinski definition) is 2. The Morgan fingerprint density at radius 2 is 1.84 bits per heavy atom. The van der Waals surface area contributed by atoms with Gasteiger partial charge in [-0.3, -0.25) is 0 Å². The van der Waals surface area contributed by atoms with Gasteiger partial charge in [0.25, 0.3) is 0 Å². The first kappa shape index (κ1) is 14.3. The van der Waals surface area contributed by atoms with Crippen molar-refractivity contribution in [1.29, 1.82) is 0 Å². The maximum Gasteiger partial charge on any atom is 0.335 e. The van der Waals surface area contributed by atoms with Crippen molar-refractivity contribution in [3.63, 3.8) is 0 Å². The van der Waals surface area contributed by atoms with Crippen LogP contribution in [0.5, 0.6) is 0 Å². The second-order valence-corrected chi connectivity index (χ2v) is 5.89. The zero-order chi connectivity index (χ0) is 14.0. The quantitative estimate of drug-likeness (QED) is 0.851. The van der Waals surface area contributed by atoms with Crippen molar-refractivity contribution in [2.45, 2.75) is 16.7 Å². The third-order valence-electron chi connectivity index (χ3n) is 2.54. The van der Waals surface area contributed by atoms with Crippen LogP contribution in [0.3, 0.4) is 0 Å². The second-order valence-electron chi connectivity index (χ2n) is 3.96. The summed E-state index contributed by atoms with van der Waals surface area (Å²) in [6, 6.07) is 10.5. The van der Waals surface area contributed by atoms with Crippen molar-refractivity contribution in [3.8, 4) is 0 Å². The molecule has 1 N–H and O–H groups in total. The lowest BCUT2D eigenvalue weighted by Gasteiger charge is -2.07. The number of benzene rings is 2. The molecule has 0 amide bonds. The van der Waals surface area contributed by atoms with Crippen molar-refractivity contribution in [2.24, 2.45) is 0 Å². The summed E-state index contributed by atoms with van der Waals surface area (Å²) in [4.78, 5) is 12.8. The SMILES string of the molecule is Cc1cc(C(=O)O)ccc1Sc1ccc(Cl)c(Cl)c1. The molecule has 5 heteroatoms. The van der Waals surface area contributed by atoms with Gasteiger partial charge in [0.15, 0.2) is 0 Å². The lowest BCUT2D eigenvalue weighted by molar-refractivity contribution is 0.0696. The minimum Gasteiger partial charge on any atom is -0.478 e. The third kappa shape index (κ3) is 3.44. The number of halogens is 2. The van der Waals surface area contributed by atoms with E-state index < -0.39 is 5.97 Å². The Balaban J connectivity index is 2.28. The van der Waals surface area contributed by atoms with E-state index in [4.69, 9.17) is 28.3 Å². The van der Waals surface area contributed by atoms with Gasteiger partial charge >= 0.3 is 5.97 Å². The summed E-state index contributed by atoms with van der Waals surface area (Å²) < 4.78 is 0. The van der Waals surface area contributed by atoms with Crippen molar-refractivity contribution >= 4 is 40.9 Å². The van der Waals surface area contributed by atoms with E-state index in [1.54, 1.807) is 30.3 Å². The van der Waals surface area contributed by atoms with Gasteiger partial charge in [-0.05, 0) is 48.9 Å². The second kappa shape index (κ2) is 5.87. The van der Waals surface area contributed by atoms with E-state index in [9.17, 15) is 4.79 Å². The average molecular weight is 313 g/mol. The van der Waals surface area contributed by atoms with Gasteiger partial charge in [-0.15, -0.1) is 0 Å². The molecule has 2 rings (SSSR count). The molecule has 2 aromatic rings. The fraction of sp³-hybridized carbons (Fsp3) is 0.0714. The minimum absolute atomic E-state index is 0.288. The predicted octanol–water partition coefficient (Wildman–Crippen LogP) is 5.15. The minimum atomic E-state index is -0.922. The van der Waals surface area contributed by atoms with Crippen molar-refractivity contribution in [3.05, 3.63) is 57.6 Å². The molecule has 0 saturated carbocycles. The van der Waals surface area contributed by atoms with Gasteiger partial charge in [0.2, 0.25) is 0 Å². The molecule has 0 saturated heterocycles. The number of aryl methyl sites for hydroxylation is 1. The molecule has 0 spiro atoms. The largest absolute Gasteiger partial charge is 0.478 e. The topological polar surface area (TPSA) is 37.3 Å². The van der Waals surface area contributed by atoms with E-state index in [2.05, 4.69) is 0 Å². The Morgan fingerprint density at radius 1 is 1.11 bits per heavy atom. The number of carboxylic acid groups (broad SMARTS) is 1. The van der Waals surface area contributed by atoms with Crippen molar-refractivity contribution < 1.29 is 9.90 Å². The number of aromatic carboxylic acids is 1. The summed E-state index contributed by atoms with van der Waals surface area (Å²) in [5, 5.41) is 9.94. The van der Waals surface area contributed by atoms with Crippen LogP contribution in [0.4, 0.5) is 0 Å². The molecule has 0 atom stereocenters. The molecule has 0 unspecified atom stereocenters. The van der Waals surface area contributed by atoms with Gasteiger partial charge in [-0.1, -0.05) is 35.0 Å². The highest BCUT2D eigenvalue weighted by Crippen LogP contribution is 2.34. The molecular formula is C14H10Cl2O2S. The van der Waals surface area contributed by atoms with Crippen LogP contribution in [0, 0.1) is 6.92 Å². The Bertz CT molecular complexity index is 641. The smallest absolute Gasteiger partial charge is 0.335 e. The van der Waals surface area contributed by atoms with Gasteiger partial charge < -0.3 is 5.11 Å². The van der Waals surface area contributed by atoms with Crippen LogP contribution in [0.1, 0.15) is 15.9 Å². The van der Waals surface area contributed by atoms with Crippen molar-refractivity contribution in [2.75, 3.05) is 0 Å². The summed E-state index contributed by atoms with van der Waals surface area (Å²) in [6.45, 7) is 1.88. The van der Waals surface area contributed by atoms with Gasteiger partial charge in [0, 0.05) is 9.79 Å². The number of hydrogen-bond donors (Lipinski definition) is 1. The van der Waals surface area contributed by atoms with E-state index in [1.807, 2.05) is 13.0 Å². The Hall–Kier alpha value is -1.16. The van der Waals surface area contributed by atoms with Crippen LogP contribution in [0.2, 0.25) is 10.0 Å². The first-order valence-electron chi connectivity index (χ1n) is 5.44. The average Bonchev–Trinajstić information content (AvgIpc) is 2.36. The molecule has 0 aromatic heterocycles. The zero-order valence-electron chi connectivity index (χ0n) is 9.98. The number of carboxylic acids is 1. The summed E-state index contributed by atoms with van der Waals surface area (Å²) >= 11 is 13.3. The van der Waals surface area contributed by atoms with Crippen LogP contribution in [-0.2, 0) is 0 Å². The van der Waals surface area contributed by atoms with E-state index in [-0.39, 0.29) is 5.56 Å². The highest BCUT2D eigenvalue weighted by atomic mass is 35.5. The van der Waals surface area contributed by atoms with Crippen molar-refractivity contribution in [1.82, 2.24) is 0 Å². The number of carbonyl (C=O) groups is 1. The molecule has 0 fully saturated rings. The molecule has 2 nitrogen and oxygen atoms in total. The van der Waals surface area contributed by atoms with Crippen LogP contribution in [0.15, 0.2) is 46.2 Å². The zero-order valence-corrected chi connectivity index (χ0v) is 12.3. The van der Waals surface area contributed by atoms with E-state index in [1.165, 1.54) is 11.8 Å². The molecule has 0 bridgehead atoms. The third-order valence-corrected chi connectivity index (χ3v) is 4.45. The van der Waals surface area contributed by atoms with E-state index >= 15 is 0 Å². The first-order valence-corrected chi connectivity index (χ1v) is 7.01. The van der Waals surface area contributed by atoms with Crippen LogP contribution < -0.4 is 0 Å². The maximum absolute atomic E-state index is 10.9. The van der Waals surface area contributed by atoms with Gasteiger partial charge in [-0.2, -0.15) is 0 Å². The molecule has 19 heavy (non-hydrogen) atoms. The number of rotatable bonds is 3. The molecule has 0 aliphatic rings. The standard InChI is InChI=1S/C14H10Cl2O2S/c1-8-6-9(14(17)18)2-5-13(8)19-10-3-4-11(15)12(16)7-10/h2-7H,1H3,(H,17,18).